The van der Waals surface area contributed by atoms with Gasteiger partial charge in [-0.05, 0) is 43.7 Å². The first-order valence-electron chi connectivity index (χ1n) is 12.2. The second-order valence-electron chi connectivity index (χ2n) is 9.32. The fraction of sp³-hybridized carbons (Fsp3) is 0.481. The number of hydrazine groups is 1. The van der Waals surface area contributed by atoms with E-state index in [1.54, 1.807) is 24.3 Å². The van der Waals surface area contributed by atoms with Gasteiger partial charge in [0, 0.05) is 11.6 Å². The number of nitrogens with one attached hydrogen (secondary N) is 4. The molecule has 6 nitrogen and oxygen atoms in total. The third-order valence-electron chi connectivity index (χ3n) is 6.39. The van der Waals surface area contributed by atoms with Crippen LogP contribution >= 0.6 is 0 Å². The first-order valence-corrected chi connectivity index (χ1v) is 15.0. The van der Waals surface area contributed by atoms with Crippen molar-refractivity contribution in [3.05, 3.63) is 66.4 Å². The van der Waals surface area contributed by atoms with E-state index in [9.17, 15) is 9.59 Å². The van der Waals surface area contributed by atoms with Crippen LogP contribution in [0.25, 0.3) is 0 Å². The van der Waals surface area contributed by atoms with Crippen molar-refractivity contribution < 1.29 is 30.8 Å². The van der Waals surface area contributed by atoms with E-state index in [0.29, 0.717) is 11.6 Å². The maximum atomic E-state index is 12.5. The van der Waals surface area contributed by atoms with E-state index in [2.05, 4.69) is 41.9 Å². The summed E-state index contributed by atoms with van der Waals surface area (Å²) in [6, 6.07) is 7.98. The number of hydrogen-bond acceptors (Lipinski definition) is 4. The summed E-state index contributed by atoms with van der Waals surface area (Å²) in [5.74, 6) is 0.700. The molecule has 3 rings (SSSR count). The van der Waals surface area contributed by atoms with Gasteiger partial charge < -0.3 is 5.32 Å². The van der Waals surface area contributed by atoms with Gasteiger partial charge in [0.2, 0.25) is 0 Å². The van der Waals surface area contributed by atoms with Crippen molar-refractivity contribution in [1.82, 2.24) is 16.1 Å². The molecule has 1 aromatic rings. The average Bonchev–Trinajstić information content (AvgIpc) is 2.84. The number of hydrogen-bond donors (Lipinski definition) is 4. The summed E-state index contributed by atoms with van der Waals surface area (Å²) in [6.45, 7) is 8.41. The molecule has 1 heterocycles. The molecule has 0 radical (unpaired) electrons. The van der Waals surface area contributed by atoms with Crippen LogP contribution in [0.1, 0.15) is 62.7 Å². The van der Waals surface area contributed by atoms with Gasteiger partial charge in [-0.3, -0.25) is 4.79 Å². The second kappa shape index (κ2) is 13.6. The molecule has 0 aromatic heterocycles. The van der Waals surface area contributed by atoms with Crippen molar-refractivity contribution in [1.29, 1.82) is 0 Å². The molecular formula is C27H38IN4O2-. The van der Waals surface area contributed by atoms with Gasteiger partial charge in [-0.25, -0.2) is 0 Å². The van der Waals surface area contributed by atoms with Crippen LogP contribution in [0.15, 0.2) is 60.8 Å². The molecule has 0 bridgehead atoms. The summed E-state index contributed by atoms with van der Waals surface area (Å²) in [5.41, 5.74) is 8.40. The molecule has 2 aliphatic rings. The van der Waals surface area contributed by atoms with Crippen molar-refractivity contribution in [3.8, 4) is 0 Å². The first-order chi connectivity index (χ1) is 16.4. The number of amides is 2. The first kappa shape index (κ1) is 26.3. The zero-order valence-corrected chi connectivity index (χ0v) is 22.4. The summed E-state index contributed by atoms with van der Waals surface area (Å²) >= 11 is 0.208. The molecule has 34 heavy (non-hydrogen) atoms. The second-order valence-corrected chi connectivity index (χ2v) is 13.2. The fourth-order valence-electron chi connectivity index (χ4n) is 4.13. The molecule has 7 heteroatoms. The Hall–Kier alpha value is -2.29. The van der Waals surface area contributed by atoms with Crippen molar-refractivity contribution in [2.75, 3.05) is 9.85 Å². The third-order valence-corrected chi connectivity index (χ3v) is 10.1. The molecule has 186 valence electrons. The van der Waals surface area contributed by atoms with E-state index in [0.717, 1.165) is 40.5 Å². The van der Waals surface area contributed by atoms with Crippen LogP contribution in [0, 0.1) is 5.92 Å². The van der Waals surface area contributed by atoms with Crippen LogP contribution in [-0.4, -0.2) is 32.3 Å². The van der Waals surface area contributed by atoms with Crippen molar-refractivity contribution in [3.63, 3.8) is 0 Å². The quantitative estimate of drug-likeness (QED) is 0.117. The van der Waals surface area contributed by atoms with E-state index in [1.807, 2.05) is 24.3 Å². The molecule has 2 amide bonds. The van der Waals surface area contributed by atoms with E-state index >= 15 is 0 Å². The molecule has 2 fully saturated rings. The number of rotatable bonds is 9. The minimum atomic E-state index is -0.0483. The Bertz CT molecular complexity index is 880. The molecule has 1 saturated heterocycles. The third kappa shape index (κ3) is 8.81. The van der Waals surface area contributed by atoms with Gasteiger partial charge in [0.15, 0.2) is 0 Å². The molecule has 1 aliphatic heterocycles. The Morgan fingerprint density at radius 1 is 0.971 bits per heavy atom. The van der Waals surface area contributed by atoms with Crippen LogP contribution in [0.4, 0.5) is 5.69 Å². The minimum Gasteiger partial charge on any atom is -0.349 e. The summed E-state index contributed by atoms with van der Waals surface area (Å²) in [5, 5.41) is 6.27. The normalized spacial score (nSPS) is 25.6. The van der Waals surface area contributed by atoms with Gasteiger partial charge in [-0.1, -0.05) is 6.92 Å². The van der Waals surface area contributed by atoms with Gasteiger partial charge in [0.1, 0.15) is 0 Å². The Kier molecular flexibility index (Phi) is 10.5. The molecule has 0 spiro atoms. The smallest absolute Gasteiger partial charge is 0.349 e. The number of carbonyl (C=O) groups excluding carboxylic acids is 2. The fourth-order valence-corrected chi connectivity index (χ4v) is 7.07. The molecule has 2 atom stereocenters. The van der Waals surface area contributed by atoms with E-state index in [-0.39, 0.29) is 39.1 Å². The van der Waals surface area contributed by atoms with Gasteiger partial charge in [-0.15, -0.1) is 0 Å². The van der Waals surface area contributed by atoms with Gasteiger partial charge in [0.25, 0.3) is 5.91 Å². The monoisotopic (exact) mass is 577 g/mol. The Morgan fingerprint density at radius 3 is 2.32 bits per heavy atom. The summed E-state index contributed by atoms with van der Waals surface area (Å²) in [6.07, 6.45) is 13.5. The Labute approximate surface area is 214 Å². The van der Waals surface area contributed by atoms with Crippen molar-refractivity contribution >= 4 is 17.5 Å². The zero-order chi connectivity index (χ0) is 24.3. The van der Waals surface area contributed by atoms with Crippen molar-refractivity contribution in [2.24, 2.45) is 5.92 Å². The maximum absolute atomic E-state index is 12.5. The summed E-state index contributed by atoms with van der Waals surface area (Å²) < 4.78 is 2.04. The molecule has 2 unspecified atom stereocenters. The van der Waals surface area contributed by atoms with E-state index < -0.39 is 0 Å². The van der Waals surface area contributed by atoms with Gasteiger partial charge in [0.05, 0.1) is 0 Å². The molecule has 1 saturated carbocycles. The molecule has 4 N–H and O–H groups in total. The van der Waals surface area contributed by atoms with Crippen LogP contribution < -0.4 is 42.7 Å². The van der Waals surface area contributed by atoms with Crippen LogP contribution in [-0.2, 0) is 4.79 Å². The van der Waals surface area contributed by atoms with E-state index in [4.69, 9.17) is 0 Å². The van der Waals surface area contributed by atoms with Gasteiger partial charge >= 0.3 is 137 Å². The molecule has 1 aliphatic carbocycles. The topological polar surface area (TPSA) is 82.3 Å². The average molecular weight is 578 g/mol. The van der Waals surface area contributed by atoms with Crippen LogP contribution in [0.5, 0.6) is 0 Å². The molecule has 1 aromatic carbocycles. The number of anilines is 1. The van der Waals surface area contributed by atoms with E-state index in [1.165, 1.54) is 23.7 Å². The molecular weight excluding hydrogens is 539 g/mol. The van der Waals surface area contributed by atoms with Crippen LogP contribution in [0.3, 0.4) is 0 Å². The number of alkyl halides is 2. The number of allylic oxidation sites excluding steroid dienone is 3. The predicted octanol–water partition coefficient (Wildman–Crippen LogP) is 1.29. The van der Waals surface area contributed by atoms with Gasteiger partial charge in [-0.2, -0.15) is 0 Å². The van der Waals surface area contributed by atoms with Crippen molar-refractivity contribution in [2.45, 2.75) is 68.4 Å². The number of benzene rings is 1. The zero-order valence-electron chi connectivity index (χ0n) is 20.3. The Morgan fingerprint density at radius 2 is 1.68 bits per heavy atom. The predicted molar refractivity (Wildman–Crippen MR) is 135 cm³/mol. The SMILES string of the molecule is C=C/C(=C\C=C\C(=O)NC1CCC(C)[I-]C1)NNc1ccc(C(=O)NC2CCC(C)CC2)cc1. The summed E-state index contributed by atoms with van der Waals surface area (Å²) in [4.78, 5) is 24.7. The summed E-state index contributed by atoms with van der Waals surface area (Å²) in [7, 11) is 0. The van der Waals surface area contributed by atoms with Crippen LogP contribution in [0.2, 0.25) is 0 Å². The Balaban J connectivity index is 1.42. The minimum absolute atomic E-state index is 0.0150. The number of carbonyl (C=O) groups is 2. The standard InChI is InChI=1S/C27H38IN4O2/c1-4-22(6-5-7-26(33)29-25-15-10-20(3)28-18-25)31-32-24-16-11-21(12-17-24)27(34)30-23-13-8-19(2)9-14-23/h4-7,11-12,16-17,19-20,23,25,31-32H,1,8-10,13-15,18H2,2-3H3,(H,29,33)(H,30,34)/q-1/b7-5+,22-6+. The number of halogens is 1.